The van der Waals surface area contributed by atoms with Gasteiger partial charge >= 0.3 is 0 Å². The molecule has 26 heavy (non-hydrogen) atoms. The zero-order valence-corrected chi connectivity index (χ0v) is 15.1. The molecule has 1 saturated heterocycles. The number of carbonyl (C=O) groups excluding carboxylic acids is 2. The van der Waals surface area contributed by atoms with Crippen LogP contribution in [0.2, 0.25) is 0 Å². The second-order valence-electron chi connectivity index (χ2n) is 7.58. The summed E-state index contributed by atoms with van der Waals surface area (Å²) in [4.78, 5) is 27.0. The number of nitrogens with zero attached hydrogens (tertiary/aromatic N) is 1. The van der Waals surface area contributed by atoms with Crippen molar-refractivity contribution in [1.82, 2.24) is 10.2 Å². The van der Waals surface area contributed by atoms with Crippen molar-refractivity contribution in [3.05, 3.63) is 48.0 Å². The predicted molar refractivity (Wildman–Crippen MR) is 102 cm³/mol. The third-order valence-electron chi connectivity index (χ3n) is 5.91. The number of amides is 2. The summed E-state index contributed by atoms with van der Waals surface area (Å²) in [7, 11) is 0. The van der Waals surface area contributed by atoms with Crippen molar-refractivity contribution in [2.24, 2.45) is 5.92 Å². The van der Waals surface area contributed by atoms with Crippen molar-refractivity contribution in [1.29, 1.82) is 0 Å². The van der Waals surface area contributed by atoms with Gasteiger partial charge in [0.15, 0.2) is 0 Å². The van der Waals surface area contributed by atoms with E-state index in [1.807, 2.05) is 23.1 Å². The second-order valence-corrected chi connectivity index (χ2v) is 7.58. The average Bonchev–Trinajstić information content (AvgIpc) is 3.21. The Morgan fingerprint density at radius 1 is 1.04 bits per heavy atom. The van der Waals surface area contributed by atoms with Gasteiger partial charge in [-0.05, 0) is 35.6 Å². The molecular formula is C22H26N2O2. The molecular weight excluding hydrogens is 324 g/mol. The Morgan fingerprint density at radius 3 is 2.65 bits per heavy atom. The van der Waals surface area contributed by atoms with Gasteiger partial charge in [0.1, 0.15) is 0 Å². The Labute approximate surface area is 154 Å². The highest BCUT2D eigenvalue weighted by atomic mass is 16.2. The van der Waals surface area contributed by atoms with Crippen LogP contribution in [0.1, 0.15) is 44.1 Å². The Bertz CT molecular complexity index is 805. The van der Waals surface area contributed by atoms with E-state index in [1.165, 1.54) is 23.6 Å². The van der Waals surface area contributed by atoms with Gasteiger partial charge in [0.05, 0.1) is 5.92 Å². The highest BCUT2D eigenvalue weighted by Crippen LogP contribution is 2.29. The van der Waals surface area contributed by atoms with Crippen molar-refractivity contribution in [2.75, 3.05) is 6.54 Å². The largest absolute Gasteiger partial charge is 0.352 e. The molecule has 2 fully saturated rings. The summed E-state index contributed by atoms with van der Waals surface area (Å²) >= 11 is 0. The van der Waals surface area contributed by atoms with Crippen molar-refractivity contribution in [3.63, 3.8) is 0 Å². The van der Waals surface area contributed by atoms with Gasteiger partial charge in [-0.15, -0.1) is 0 Å². The number of rotatable bonds is 4. The van der Waals surface area contributed by atoms with Crippen molar-refractivity contribution >= 4 is 22.6 Å². The molecule has 4 heteroatoms. The van der Waals surface area contributed by atoms with E-state index in [4.69, 9.17) is 0 Å². The molecule has 4 nitrogen and oxygen atoms in total. The summed E-state index contributed by atoms with van der Waals surface area (Å²) in [5, 5.41) is 5.48. The number of piperidine rings is 1. The van der Waals surface area contributed by atoms with Crippen LogP contribution < -0.4 is 5.32 Å². The molecule has 1 aliphatic heterocycles. The highest BCUT2D eigenvalue weighted by Gasteiger charge is 2.35. The fraction of sp³-hybridized carbons (Fsp3) is 0.455. The predicted octanol–water partition coefficient (Wildman–Crippen LogP) is 3.64. The maximum absolute atomic E-state index is 12.7. The molecule has 0 spiro atoms. The third-order valence-corrected chi connectivity index (χ3v) is 5.91. The van der Waals surface area contributed by atoms with Crippen LogP contribution in [0.5, 0.6) is 0 Å². The first-order chi connectivity index (χ1) is 12.7. The number of fused-ring (bicyclic) bond motifs is 1. The van der Waals surface area contributed by atoms with Crippen molar-refractivity contribution in [2.45, 2.75) is 51.1 Å². The lowest BCUT2D eigenvalue weighted by atomic mass is 9.94. The maximum Gasteiger partial charge on any atom is 0.225 e. The van der Waals surface area contributed by atoms with Crippen LogP contribution in [0, 0.1) is 5.92 Å². The molecule has 1 atom stereocenters. The van der Waals surface area contributed by atoms with E-state index in [0.29, 0.717) is 32.0 Å². The Morgan fingerprint density at radius 2 is 1.81 bits per heavy atom. The molecule has 2 amide bonds. The summed E-state index contributed by atoms with van der Waals surface area (Å²) in [6.07, 6.45) is 5.76. The minimum atomic E-state index is -0.0803. The Hall–Kier alpha value is -2.36. The van der Waals surface area contributed by atoms with E-state index in [9.17, 15) is 9.59 Å². The van der Waals surface area contributed by atoms with Crippen LogP contribution in [0.15, 0.2) is 42.5 Å². The van der Waals surface area contributed by atoms with Gasteiger partial charge in [0, 0.05) is 25.6 Å². The van der Waals surface area contributed by atoms with Crippen LogP contribution in [0.4, 0.5) is 0 Å². The van der Waals surface area contributed by atoms with Crippen LogP contribution >= 0.6 is 0 Å². The van der Waals surface area contributed by atoms with Gasteiger partial charge in [-0.25, -0.2) is 0 Å². The lowest BCUT2D eigenvalue weighted by Crippen LogP contribution is -2.49. The lowest BCUT2D eigenvalue weighted by Gasteiger charge is -2.36. The molecule has 0 bridgehead atoms. The van der Waals surface area contributed by atoms with E-state index in [1.54, 1.807) is 0 Å². The van der Waals surface area contributed by atoms with Crippen LogP contribution in [-0.2, 0) is 16.1 Å². The summed E-state index contributed by atoms with van der Waals surface area (Å²) < 4.78 is 0. The van der Waals surface area contributed by atoms with E-state index in [-0.39, 0.29) is 17.7 Å². The van der Waals surface area contributed by atoms with Crippen LogP contribution in [0.25, 0.3) is 10.8 Å². The molecule has 2 aromatic rings. The minimum absolute atomic E-state index is 0.0773. The topological polar surface area (TPSA) is 49.4 Å². The number of nitrogens with one attached hydrogen (secondary N) is 1. The minimum Gasteiger partial charge on any atom is -0.352 e. The molecule has 1 aliphatic carbocycles. The van der Waals surface area contributed by atoms with Crippen molar-refractivity contribution in [3.8, 4) is 0 Å². The quantitative estimate of drug-likeness (QED) is 0.915. The number of likely N-dealkylation sites (tertiary alicyclic amines) is 1. The molecule has 1 saturated carbocycles. The van der Waals surface area contributed by atoms with Gasteiger partial charge in [-0.1, -0.05) is 55.3 Å². The molecule has 136 valence electrons. The van der Waals surface area contributed by atoms with E-state index >= 15 is 0 Å². The molecule has 0 unspecified atom stereocenters. The maximum atomic E-state index is 12.7. The summed E-state index contributed by atoms with van der Waals surface area (Å²) in [6, 6.07) is 14.8. The monoisotopic (exact) mass is 350 g/mol. The molecule has 1 N–H and O–H groups in total. The normalized spacial score (nSPS) is 21.3. The Kier molecular flexibility index (Phi) is 4.91. The van der Waals surface area contributed by atoms with Gasteiger partial charge in [-0.3, -0.25) is 9.59 Å². The fourth-order valence-corrected chi connectivity index (χ4v) is 4.43. The number of carbonyl (C=O) groups is 2. The molecule has 1 heterocycles. The van der Waals surface area contributed by atoms with E-state index in [0.717, 1.165) is 18.4 Å². The summed E-state index contributed by atoms with van der Waals surface area (Å²) in [5.74, 6) is 0.228. The van der Waals surface area contributed by atoms with E-state index in [2.05, 4.69) is 29.6 Å². The first kappa shape index (κ1) is 17.1. The first-order valence-corrected chi connectivity index (χ1v) is 9.76. The Balaban J connectivity index is 1.40. The zero-order valence-electron chi connectivity index (χ0n) is 15.1. The molecule has 0 radical (unpaired) electrons. The zero-order chi connectivity index (χ0) is 17.9. The number of hydrogen-bond donors (Lipinski definition) is 1. The van der Waals surface area contributed by atoms with Crippen molar-refractivity contribution < 1.29 is 9.59 Å². The van der Waals surface area contributed by atoms with Crippen LogP contribution in [-0.4, -0.2) is 29.3 Å². The second kappa shape index (κ2) is 7.48. The van der Waals surface area contributed by atoms with Gasteiger partial charge in [0.2, 0.25) is 11.8 Å². The van der Waals surface area contributed by atoms with Gasteiger partial charge in [0.25, 0.3) is 0 Å². The van der Waals surface area contributed by atoms with Crippen LogP contribution in [0.3, 0.4) is 0 Å². The highest BCUT2D eigenvalue weighted by molar-refractivity contribution is 5.87. The standard InChI is InChI=1S/C22H26N2O2/c25-21-13-12-18(15-24(21)19-9-2-3-10-19)22(26)23-14-17-8-5-7-16-6-1-4-11-20(16)17/h1,4-8,11,18-19H,2-3,9-10,12-15H2,(H,23,26)/t18-/m1/s1. The van der Waals surface area contributed by atoms with Gasteiger partial charge < -0.3 is 10.2 Å². The molecule has 2 aliphatic rings. The third kappa shape index (κ3) is 3.46. The smallest absolute Gasteiger partial charge is 0.225 e. The fourth-order valence-electron chi connectivity index (χ4n) is 4.43. The lowest BCUT2D eigenvalue weighted by molar-refractivity contribution is -0.140. The number of hydrogen-bond acceptors (Lipinski definition) is 2. The summed E-state index contributed by atoms with van der Waals surface area (Å²) in [6.45, 7) is 1.12. The summed E-state index contributed by atoms with van der Waals surface area (Å²) in [5.41, 5.74) is 1.14. The average molecular weight is 350 g/mol. The SMILES string of the molecule is O=C(NCc1cccc2ccccc12)[C@@H]1CCC(=O)N(C2CCCC2)C1. The van der Waals surface area contributed by atoms with E-state index < -0.39 is 0 Å². The van der Waals surface area contributed by atoms with Gasteiger partial charge in [-0.2, -0.15) is 0 Å². The first-order valence-electron chi connectivity index (χ1n) is 9.76. The molecule has 2 aromatic carbocycles. The molecule has 4 rings (SSSR count). The number of benzene rings is 2. The molecule has 0 aromatic heterocycles.